The van der Waals surface area contributed by atoms with Gasteiger partial charge in [-0.15, -0.1) is 0 Å². The maximum atomic E-state index is 12.1. The Morgan fingerprint density at radius 1 is 1.09 bits per heavy atom. The highest BCUT2D eigenvalue weighted by atomic mass is 16.5. The first-order valence-corrected chi connectivity index (χ1v) is 7.71. The van der Waals surface area contributed by atoms with Crippen LogP contribution in [0.3, 0.4) is 0 Å². The van der Waals surface area contributed by atoms with Crippen LogP contribution in [-0.4, -0.2) is 24.5 Å². The molecule has 0 aliphatic carbocycles. The number of carbonyl (C=O) groups is 2. The molecule has 1 aromatic rings. The Morgan fingerprint density at radius 2 is 1.65 bits per heavy atom. The highest BCUT2D eigenvalue weighted by Gasteiger charge is 2.26. The summed E-state index contributed by atoms with van der Waals surface area (Å²) >= 11 is 0. The van der Waals surface area contributed by atoms with E-state index in [4.69, 9.17) is 0 Å². The van der Waals surface area contributed by atoms with Crippen LogP contribution in [0.2, 0.25) is 0 Å². The van der Waals surface area contributed by atoms with E-state index in [0.29, 0.717) is 5.56 Å². The van der Waals surface area contributed by atoms with E-state index in [-0.39, 0.29) is 22.8 Å². The topological polar surface area (TPSA) is 55.4 Å². The molecule has 1 amide bonds. The van der Waals surface area contributed by atoms with Crippen molar-refractivity contribution in [2.75, 3.05) is 7.11 Å². The quantitative estimate of drug-likeness (QED) is 0.663. The van der Waals surface area contributed by atoms with Crippen LogP contribution in [0.5, 0.6) is 0 Å². The SMILES string of the molecule is COC(=O)c1ccc(/C=C/C(=O)NC(C)(C)CC(C)(C)C)cc1. The standard InChI is InChI=1S/C19H27NO3/c1-18(2,3)13-19(4,5)20-16(21)12-9-14-7-10-15(11-8-14)17(22)23-6/h7-12H,13H2,1-6H3,(H,20,21)/b12-9+. The summed E-state index contributed by atoms with van der Waals surface area (Å²) in [5.41, 5.74) is 1.21. The second-order valence-electron chi connectivity index (χ2n) is 7.56. The zero-order valence-electron chi connectivity index (χ0n) is 14.9. The Morgan fingerprint density at radius 3 is 2.13 bits per heavy atom. The van der Waals surface area contributed by atoms with Gasteiger partial charge >= 0.3 is 5.97 Å². The molecule has 1 N–H and O–H groups in total. The molecule has 0 fully saturated rings. The van der Waals surface area contributed by atoms with E-state index in [1.54, 1.807) is 30.3 Å². The molecule has 0 radical (unpaired) electrons. The molecule has 0 unspecified atom stereocenters. The van der Waals surface area contributed by atoms with Gasteiger partial charge in [0.1, 0.15) is 0 Å². The molecule has 0 aliphatic heterocycles. The minimum Gasteiger partial charge on any atom is -0.465 e. The van der Waals surface area contributed by atoms with E-state index in [0.717, 1.165) is 12.0 Å². The lowest BCUT2D eigenvalue weighted by atomic mass is 9.82. The maximum Gasteiger partial charge on any atom is 0.337 e. The van der Waals surface area contributed by atoms with E-state index in [1.165, 1.54) is 13.2 Å². The van der Waals surface area contributed by atoms with E-state index >= 15 is 0 Å². The predicted octanol–water partition coefficient (Wildman–Crippen LogP) is 3.82. The first-order valence-electron chi connectivity index (χ1n) is 7.71. The summed E-state index contributed by atoms with van der Waals surface area (Å²) < 4.78 is 4.65. The lowest BCUT2D eigenvalue weighted by molar-refractivity contribution is -0.118. The number of amides is 1. The van der Waals surface area contributed by atoms with Crippen LogP contribution in [0.25, 0.3) is 6.08 Å². The molecular formula is C19H27NO3. The molecule has 0 saturated carbocycles. The fraction of sp³-hybridized carbons (Fsp3) is 0.474. The van der Waals surface area contributed by atoms with E-state index < -0.39 is 0 Å². The lowest BCUT2D eigenvalue weighted by Gasteiger charge is -2.32. The summed E-state index contributed by atoms with van der Waals surface area (Å²) in [4.78, 5) is 23.4. The smallest absolute Gasteiger partial charge is 0.337 e. The van der Waals surface area contributed by atoms with Crippen molar-refractivity contribution in [3.8, 4) is 0 Å². The van der Waals surface area contributed by atoms with Gasteiger partial charge in [0, 0.05) is 11.6 Å². The van der Waals surface area contributed by atoms with E-state index in [2.05, 4.69) is 30.8 Å². The third kappa shape index (κ3) is 7.13. The second kappa shape index (κ2) is 7.44. The molecule has 0 aliphatic rings. The van der Waals surface area contributed by atoms with Crippen molar-refractivity contribution in [1.82, 2.24) is 5.32 Å². The van der Waals surface area contributed by atoms with Crippen molar-refractivity contribution in [2.24, 2.45) is 5.41 Å². The molecular weight excluding hydrogens is 290 g/mol. The molecule has 4 heteroatoms. The van der Waals surface area contributed by atoms with Gasteiger partial charge in [0.25, 0.3) is 0 Å². The van der Waals surface area contributed by atoms with Crippen molar-refractivity contribution < 1.29 is 14.3 Å². The van der Waals surface area contributed by atoms with Crippen molar-refractivity contribution in [2.45, 2.75) is 46.6 Å². The molecule has 1 aromatic carbocycles. The Kier molecular flexibility index (Phi) is 6.13. The summed E-state index contributed by atoms with van der Waals surface area (Å²) in [6.07, 6.45) is 4.12. The summed E-state index contributed by atoms with van der Waals surface area (Å²) in [6, 6.07) is 6.90. The van der Waals surface area contributed by atoms with Crippen molar-refractivity contribution in [3.63, 3.8) is 0 Å². The molecule has 0 aromatic heterocycles. The molecule has 1 rings (SSSR count). The van der Waals surface area contributed by atoms with Crippen LogP contribution in [0.15, 0.2) is 30.3 Å². The number of hydrogen-bond donors (Lipinski definition) is 1. The van der Waals surface area contributed by atoms with Gasteiger partial charge < -0.3 is 10.1 Å². The number of methoxy groups -OCH3 is 1. The monoisotopic (exact) mass is 317 g/mol. The minimum absolute atomic E-state index is 0.128. The maximum absolute atomic E-state index is 12.1. The van der Waals surface area contributed by atoms with Crippen LogP contribution in [0.4, 0.5) is 0 Å². The van der Waals surface area contributed by atoms with E-state index in [9.17, 15) is 9.59 Å². The van der Waals surface area contributed by atoms with Gasteiger partial charge in [0.2, 0.25) is 5.91 Å². The van der Waals surface area contributed by atoms with Crippen LogP contribution in [0, 0.1) is 5.41 Å². The highest BCUT2D eigenvalue weighted by molar-refractivity contribution is 5.93. The number of carbonyl (C=O) groups excluding carboxylic acids is 2. The first kappa shape index (κ1) is 18.9. The van der Waals surface area contributed by atoms with Gasteiger partial charge in [-0.25, -0.2) is 4.79 Å². The molecule has 126 valence electrons. The Bertz CT molecular complexity index is 578. The number of rotatable bonds is 5. The average Bonchev–Trinajstić information content (AvgIpc) is 2.41. The Labute approximate surface area is 138 Å². The fourth-order valence-electron chi connectivity index (χ4n) is 2.77. The van der Waals surface area contributed by atoms with Crippen LogP contribution in [-0.2, 0) is 9.53 Å². The summed E-state index contributed by atoms with van der Waals surface area (Å²) in [5, 5.41) is 3.02. The zero-order chi connectivity index (χ0) is 17.7. The fourth-order valence-corrected chi connectivity index (χ4v) is 2.77. The molecule has 0 saturated heterocycles. The highest BCUT2D eigenvalue weighted by Crippen LogP contribution is 2.26. The normalized spacial score (nSPS) is 12.3. The van der Waals surface area contributed by atoms with Gasteiger partial charge in [-0.05, 0) is 49.5 Å². The number of benzene rings is 1. The third-order valence-electron chi connectivity index (χ3n) is 3.19. The first-order chi connectivity index (χ1) is 10.5. The second-order valence-corrected chi connectivity index (χ2v) is 7.56. The van der Waals surface area contributed by atoms with Gasteiger partial charge in [0.15, 0.2) is 0 Å². The molecule has 23 heavy (non-hydrogen) atoms. The molecule has 0 heterocycles. The van der Waals surface area contributed by atoms with Crippen LogP contribution >= 0.6 is 0 Å². The van der Waals surface area contributed by atoms with Gasteiger partial charge in [0.05, 0.1) is 12.7 Å². The number of ether oxygens (including phenoxy) is 1. The number of hydrogen-bond acceptors (Lipinski definition) is 3. The summed E-state index contributed by atoms with van der Waals surface area (Å²) in [5.74, 6) is -0.501. The summed E-state index contributed by atoms with van der Waals surface area (Å²) in [6.45, 7) is 10.5. The van der Waals surface area contributed by atoms with Gasteiger partial charge in [-0.1, -0.05) is 32.9 Å². The largest absolute Gasteiger partial charge is 0.465 e. The summed E-state index contributed by atoms with van der Waals surface area (Å²) in [7, 11) is 1.35. The molecule has 4 nitrogen and oxygen atoms in total. The average molecular weight is 317 g/mol. The minimum atomic E-state index is -0.373. The molecule has 0 spiro atoms. The molecule has 0 bridgehead atoms. The van der Waals surface area contributed by atoms with Crippen molar-refractivity contribution in [3.05, 3.63) is 41.5 Å². The zero-order valence-corrected chi connectivity index (χ0v) is 14.9. The van der Waals surface area contributed by atoms with Gasteiger partial charge in [-0.3, -0.25) is 4.79 Å². The Hall–Kier alpha value is -2.10. The van der Waals surface area contributed by atoms with Crippen molar-refractivity contribution >= 4 is 18.0 Å². The van der Waals surface area contributed by atoms with Crippen molar-refractivity contribution in [1.29, 1.82) is 0 Å². The van der Waals surface area contributed by atoms with Crippen LogP contribution < -0.4 is 5.32 Å². The number of esters is 1. The van der Waals surface area contributed by atoms with E-state index in [1.807, 2.05) is 13.8 Å². The molecule has 0 atom stereocenters. The lowest BCUT2D eigenvalue weighted by Crippen LogP contribution is -2.45. The third-order valence-corrected chi connectivity index (χ3v) is 3.19. The predicted molar refractivity (Wildman–Crippen MR) is 93.1 cm³/mol. The van der Waals surface area contributed by atoms with Crippen LogP contribution in [0.1, 0.15) is 57.0 Å². The Balaban J connectivity index is 2.66. The van der Waals surface area contributed by atoms with Gasteiger partial charge in [-0.2, -0.15) is 0 Å². The number of nitrogens with one attached hydrogen (secondary N) is 1.